The van der Waals surface area contributed by atoms with Gasteiger partial charge in [0.15, 0.2) is 0 Å². The number of rotatable bonds is 5. The van der Waals surface area contributed by atoms with Crippen molar-refractivity contribution in [2.75, 3.05) is 5.32 Å². The maximum absolute atomic E-state index is 13.1. The molecular formula is C22H19FN4O2. The first-order valence-corrected chi connectivity index (χ1v) is 9.32. The van der Waals surface area contributed by atoms with E-state index in [1.54, 1.807) is 24.5 Å². The Morgan fingerprint density at radius 2 is 1.79 bits per heavy atom. The van der Waals surface area contributed by atoms with Crippen LogP contribution in [0.15, 0.2) is 71.8 Å². The third-order valence-corrected chi connectivity index (χ3v) is 4.55. The van der Waals surface area contributed by atoms with Crippen molar-refractivity contribution in [2.45, 2.75) is 19.9 Å². The number of aryl methyl sites for hydroxylation is 1. The average molecular weight is 390 g/mol. The fourth-order valence-electron chi connectivity index (χ4n) is 3.19. The van der Waals surface area contributed by atoms with E-state index in [0.29, 0.717) is 29.2 Å². The van der Waals surface area contributed by atoms with E-state index in [0.717, 1.165) is 6.42 Å². The monoisotopic (exact) mass is 390 g/mol. The van der Waals surface area contributed by atoms with Gasteiger partial charge in [0, 0.05) is 24.6 Å². The van der Waals surface area contributed by atoms with E-state index < -0.39 is 5.91 Å². The van der Waals surface area contributed by atoms with Crippen LogP contribution >= 0.6 is 0 Å². The Kier molecular flexibility index (Phi) is 4.95. The van der Waals surface area contributed by atoms with E-state index in [1.165, 1.54) is 28.9 Å². The summed E-state index contributed by atoms with van der Waals surface area (Å²) in [6, 6.07) is 14.6. The number of carbonyl (C=O) groups excluding carboxylic acids is 1. The van der Waals surface area contributed by atoms with Crippen LogP contribution in [0.2, 0.25) is 0 Å². The highest BCUT2D eigenvalue weighted by molar-refractivity contribution is 6.08. The highest BCUT2D eigenvalue weighted by atomic mass is 19.1. The number of para-hydroxylation sites is 1. The van der Waals surface area contributed by atoms with Crippen molar-refractivity contribution in [3.05, 3.63) is 88.7 Å². The molecule has 0 atom stereocenters. The van der Waals surface area contributed by atoms with Crippen molar-refractivity contribution in [3.8, 4) is 16.9 Å². The van der Waals surface area contributed by atoms with Gasteiger partial charge in [-0.2, -0.15) is 9.78 Å². The molecule has 146 valence electrons. The van der Waals surface area contributed by atoms with Crippen LogP contribution < -0.4 is 10.9 Å². The Balaban J connectivity index is 1.82. The average Bonchev–Trinajstić information content (AvgIpc) is 3.07. The summed E-state index contributed by atoms with van der Waals surface area (Å²) in [5.74, 6) is -0.798. The van der Waals surface area contributed by atoms with Gasteiger partial charge in [-0.15, -0.1) is 0 Å². The zero-order valence-electron chi connectivity index (χ0n) is 15.8. The molecule has 0 radical (unpaired) electrons. The van der Waals surface area contributed by atoms with Gasteiger partial charge in [0.05, 0.1) is 16.8 Å². The molecule has 4 rings (SSSR count). The number of pyridine rings is 1. The Labute approximate surface area is 166 Å². The van der Waals surface area contributed by atoms with Crippen molar-refractivity contribution in [2.24, 2.45) is 0 Å². The molecule has 1 N–H and O–H groups in total. The first-order chi connectivity index (χ1) is 14.1. The van der Waals surface area contributed by atoms with E-state index in [-0.39, 0.29) is 16.9 Å². The molecule has 2 heterocycles. The van der Waals surface area contributed by atoms with Gasteiger partial charge in [-0.1, -0.05) is 25.1 Å². The van der Waals surface area contributed by atoms with Crippen LogP contribution in [-0.2, 0) is 6.54 Å². The van der Waals surface area contributed by atoms with Crippen LogP contribution in [0.3, 0.4) is 0 Å². The fraction of sp³-hybridized carbons (Fsp3) is 0.136. The predicted molar refractivity (Wildman–Crippen MR) is 109 cm³/mol. The zero-order valence-corrected chi connectivity index (χ0v) is 15.8. The number of nitrogens with one attached hydrogen (secondary N) is 1. The number of halogens is 1. The van der Waals surface area contributed by atoms with Gasteiger partial charge < -0.3 is 9.88 Å². The highest BCUT2D eigenvalue weighted by Gasteiger charge is 2.24. The molecule has 1 amide bonds. The van der Waals surface area contributed by atoms with Crippen molar-refractivity contribution in [1.29, 1.82) is 0 Å². The molecule has 2 aromatic carbocycles. The summed E-state index contributed by atoms with van der Waals surface area (Å²) in [7, 11) is 0. The van der Waals surface area contributed by atoms with Crippen LogP contribution in [0.5, 0.6) is 0 Å². The lowest BCUT2D eigenvalue weighted by atomic mass is 10.1. The minimum absolute atomic E-state index is 0.284. The number of fused-ring (bicyclic) bond motifs is 1. The molecule has 7 heteroatoms. The molecule has 0 spiro atoms. The number of nitrogens with zero attached hydrogens (tertiary/aromatic N) is 3. The summed E-state index contributed by atoms with van der Waals surface area (Å²) in [4.78, 5) is 25.9. The van der Waals surface area contributed by atoms with Crippen molar-refractivity contribution < 1.29 is 9.18 Å². The summed E-state index contributed by atoms with van der Waals surface area (Å²) in [6.07, 6.45) is 4.25. The maximum Gasteiger partial charge on any atom is 0.282 e. The number of hydrogen-bond donors (Lipinski definition) is 1. The van der Waals surface area contributed by atoms with Crippen LogP contribution in [-0.4, -0.2) is 20.3 Å². The number of aromatic nitrogens is 3. The summed E-state index contributed by atoms with van der Waals surface area (Å²) >= 11 is 0. The summed E-state index contributed by atoms with van der Waals surface area (Å²) in [5, 5.41) is 7.18. The first kappa shape index (κ1) is 18.6. The van der Waals surface area contributed by atoms with Crippen LogP contribution in [0.4, 0.5) is 10.1 Å². The standard InChI is InChI=1S/C22H19FN4O2/c1-2-12-26-13-18(21(28)24-16-10-8-15(23)9-11-16)20-19(14-26)22(29)27(25-20)17-6-4-3-5-7-17/h3-11,13-14H,2,12H2,1H3,(H,24,28). The number of hydrogen-bond acceptors (Lipinski definition) is 3. The van der Waals surface area contributed by atoms with Crippen molar-refractivity contribution in [1.82, 2.24) is 14.3 Å². The van der Waals surface area contributed by atoms with E-state index in [2.05, 4.69) is 10.4 Å². The Morgan fingerprint density at radius 1 is 1.07 bits per heavy atom. The third-order valence-electron chi connectivity index (χ3n) is 4.55. The molecule has 2 aromatic rings. The molecule has 0 fully saturated rings. The van der Waals surface area contributed by atoms with Crippen LogP contribution in [0, 0.1) is 5.82 Å². The van der Waals surface area contributed by atoms with E-state index in [4.69, 9.17) is 0 Å². The molecule has 0 aliphatic carbocycles. The fourth-order valence-corrected chi connectivity index (χ4v) is 3.19. The second-order valence-electron chi connectivity index (χ2n) is 6.69. The molecule has 0 saturated carbocycles. The largest absolute Gasteiger partial charge is 0.353 e. The van der Waals surface area contributed by atoms with Gasteiger partial charge in [0.25, 0.3) is 11.5 Å². The van der Waals surface area contributed by atoms with Gasteiger partial charge in [-0.05, 0) is 42.8 Å². The summed E-state index contributed by atoms with van der Waals surface area (Å²) < 4.78 is 16.3. The Morgan fingerprint density at radius 3 is 2.48 bits per heavy atom. The van der Waals surface area contributed by atoms with Gasteiger partial charge >= 0.3 is 0 Å². The predicted octanol–water partition coefficient (Wildman–Crippen LogP) is 3.94. The van der Waals surface area contributed by atoms with Gasteiger partial charge in [-0.3, -0.25) is 9.59 Å². The molecule has 2 aliphatic heterocycles. The Hall–Kier alpha value is -3.74. The second-order valence-corrected chi connectivity index (χ2v) is 6.69. The van der Waals surface area contributed by atoms with Crippen molar-refractivity contribution >= 4 is 11.6 Å². The smallest absolute Gasteiger partial charge is 0.282 e. The quantitative estimate of drug-likeness (QED) is 0.561. The molecular weight excluding hydrogens is 371 g/mol. The second kappa shape index (κ2) is 7.71. The van der Waals surface area contributed by atoms with E-state index >= 15 is 0 Å². The normalized spacial score (nSPS) is 11.0. The van der Waals surface area contributed by atoms with Gasteiger partial charge in [-0.25, -0.2) is 4.39 Å². The van der Waals surface area contributed by atoms with Gasteiger partial charge in [0.2, 0.25) is 0 Å². The van der Waals surface area contributed by atoms with Crippen LogP contribution in [0.1, 0.15) is 23.7 Å². The van der Waals surface area contributed by atoms with Gasteiger partial charge in [0.1, 0.15) is 11.5 Å². The number of carbonyl (C=O) groups is 1. The van der Waals surface area contributed by atoms with E-state index in [9.17, 15) is 14.0 Å². The molecule has 29 heavy (non-hydrogen) atoms. The molecule has 2 aliphatic rings. The summed E-state index contributed by atoms with van der Waals surface area (Å²) in [6.45, 7) is 2.67. The lowest BCUT2D eigenvalue weighted by molar-refractivity contribution is 0.102. The van der Waals surface area contributed by atoms with Crippen molar-refractivity contribution in [3.63, 3.8) is 0 Å². The highest BCUT2D eigenvalue weighted by Crippen LogP contribution is 2.23. The molecule has 0 saturated heterocycles. The molecule has 0 unspecified atom stereocenters. The number of amides is 1. The summed E-state index contributed by atoms with van der Waals surface area (Å²) in [5.41, 5.74) is 1.78. The van der Waals surface area contributed by atoms with Crippen LogP contribution in [0.25, 0.3) is 16.9 Å². The SMILES string of the molecule is CCCn1cc(C(=O)Nc2ccc(F)cc2)c2nn(-c3ccccc3)c(=O)c-2c1. The molecule has 6 nitrogen and oxygen atoms in total. The third kappa shape index (κ3) is 3.67. The molecule has 0 aromatic heterocycles. The zero-order chi connectivity index (χ0) is 20.4. The number of anilines is 1. The maximum atomic E-state index is 13.1. The lowest BCUT2D eigenvalue weighted by Crippen LogP contribution is -2.17. The van der Waals surface area contributed by atoms with E-state index in [1.807, 2.05) is 29.7 Å². The molecule has 0 bridgehead atoms. The lowest BCUT2D eigenvalue weighted by Gasteiger charge is -2.12. The minimum atomic E-state index is -0.412. The minimum Gasteiger partial charge on any atom is -0.353 e. The first-order valence-electron chi connectivity index (χ1n) is 9.32. The topological polar surface area (TPSA) is 68.9 Å². The number of benzene rings is 2. The Bertz CT molecular complexity index is 1180.